The highest BCUT2D eigenvalue weighted by atomic mass is 16.4. The molecule has 7 heteroatoms. The fourth-order valence-electron chi connectivity index (χ4n) is 1.83. The molecule has 0 aliphatic carbocycles. The third kappa shape index (κ3) is 2.46. The molecular weight excluding hydrogens is 260 g/mol. The molecule has 3 N–H and O–H groups in total. The molecule has 2 aromatic rings. The van der Waals surface area contributed by atoms with Crippen molar-refractivity contribution in [2.45, 2.75) is 0 Å². The smallest absolute Gasteiger partial charge is 0.337 e. The minimum atomic E-state index is -1.15. The third-order valence-electron chi connectivity index (χ3n) is 2.85. The van der Waals surface area contributed by atoms with Crippen molar-refractivity contribution in [1.82, 2.24) is 9.78 Å². The van der Waals surface area contributed by atoms with Gasteiger partial charge in [-0.05, 0) is 24.3 Å². The first-order chi connectivity index (χ1) is 9.40. The number of nitrogens with zero attached hydrogens (tertiary/aromatic N) is 3. The lowest BCUT2D eigenvalue weighted by Gasteiger charge is -2.18. The van der Waals surface area contributed by atoms with Gasteiger partial charge in [-0.1, -0.05) is 0 Å². The summed E-state index contributed by atoms with van der Waals surface area (Å²) in [5, 5.41) is 13.2. The van der Waals surface area contributed by atoms with Gasteiger partial charge < -0.3 is 15.7 Å². The molecule has 104 valence electrons. The first kappa shape index (κ1) is 13.6. The third-order valence-corrected chi connectivity index (χ3v) is 2.85. The van der Waals surface area contributed by atoms with Crippen molar-refractivity contribution < 1.29 is 14.7 Å². The van der Waals surface area contributed by atoms with Gasteiger partial charge in [0.15, 0.2) is 5.69 Å². The molecule has 0 spiro atoms. The number of nitrogen functional groups attached to an aromatic ring is 1. The quantitative estimate of drug-likeness (QED) is 0.812. The summed E-state index contributed by atoms with van der Waals surface area (Å²) in [4.78, 5) is 24.7. The van der Waals surface area contributed by atoms with Crippen LogP contribution in [-0.2, 0) is 7.05 Å². The van der Waals surface area contributed by atoms with E-state index in [0.29, 0.717) is 5.69 Å². The fourth-order valence-corrected chi connectivity index (χ4v) is 1.83. The maximum atomic E-state index is 12.2. The number of aromatic carboxylic acids is 1. The number of benzene rings is 1. The Kier molecular flexibility index (Phi) is 3.43. The molecule has 0 aliphatic rings. The number of amides is 1. The number of anilines is 2. The molecule has 20 heavy (non-hydrogen) atoms. The van der Waals surface area contributed by atoms with Gasteiger partial charge in [-0.25, -0.2) is 4.79 Å². The van der Waals surface area contributed by atoms with Crippen LogP contribution in [0.25, 0.3) is 0 Å². The van der Waals surface area contributed by atoms with E-state index >= 15 is 0 Å². The van der Waals surface area contributed by atoms with Crippen LogP contribution in [0.5, 0.6) is 0 Å². The van der Waals surface area contributed by atoms with E-state index in [2.05, 4.69) is 5.10 Å². The van der Waals surface area contributed by atoms with Crippen LogP contribution in [0.1, 0.15) is 20.8 Å². The van der Waals surface area contributed by atoms with E-state index in [0.717, 1.165) is 0 Å². The van der Waals surface area contributed by atoms with E-state index in [1.165, 1.54) is 28.8 Å². The molecule has 1 aromatic heterocycles. The number of aryl methyl sites for hydroxylation is 1. The number of hydrogen-bond acceptors (Lipinski definition) is 4. The van der Waals surface area contributed by atoms with Crippen LogP contribution in [0.4, 0.5) is 11.4 Å². The molecule has 0 saturated carbocycles. The Morgan fingerprint density at radius 3 is 2.60 bits per heavy atom. The Hall–Kier alpha value is -2.83. The molecule has 0 atom stereocenters. The molecule has 1 aromatic carbocycles. The van der Waals surface area contributed by atoms with E-state index < -0.39 is 11.9 Å². The molecule has 7 nitrogen and oxygen atoms in total. The standard InChI is InChI=1S/C13H14N4O3/c1-16-6-5-10(15-16)12(18)17(2)11-4-3-8(14)7-9(11)13(19)20/h3-7H,14H2,1-2H3,(H,19,20). The Morgan fingerprint density at radius 1 is 1.35 bits per heavy atom. The van der Waals surface area contributed by atoms with Gasteiger partial charge in [0.25, 0.3) is 5.91 Å². The minimum Gasteiger partial charge on any atom is -0.478 e. The van der Waals surface area contributed by atoms with Crippen LogP contribution in [0.2, 0.25) is 0 Å². The lowest BCUT2D eigenvalue weighted by Crippen LogP contribution is -2.28. The number of aromatic nitrogens is 2. The summed E-state index contributed by atoms with van der Waals surface area (Å²) in [6.07, 6.45) is 1.64. The molecular formula is C13H14N4O3. The van der Waals surface area contributed by atoms with Crippen molar-refractivity contribution in [2.75, 3.05) is 17.7 Å². The topological polar surface area (TPSA) is 101 Å². The Labute approximate surface area is 115 Å². The summed E-state index contributed by atoms with van der Waals surface area (Å²) in [6.45, 7) is 0. The zero-order chi connectivity index (χ0) is 14.9. The Morgan fingerprint density at radius 2 is 2.05 bits per heavy atom. The van der Waals surface area contributed by atoms with Gasteiger partial charge in [0.2, 0.25) is 0 Å². The van der Waals surface area contributed by atoms with Gasteiger partial charge in [0.1, 0.15) is 0 Å². The lowest BCUT2D eigenvalue weighted by molar-refractivity contribution is 0.0698. The second kappa shape index (κ2) is 5.04. The largest absolute Gasteiger partial charge is 0.478 e. The number of hydrogen-bond donors (Lipinski definition) is 2. The second-order valence-electron chi connectivity index (χ2n) is 4.32. The minimum absolute atomic E-state index is 0.0308. The van der Waals surface area contributed by atoms with E-state index in [1.54, 1.807) is 25.4 Å². The van der Waals surface area contributed by atoms with Crippen molar-refractivity contribution in [1.29, 1.82) is 0 Å². The summed E-state index contributed by atoms with van der Waals surface area (Å²) in [5.41, 5.74) is 6.37. The average Bonchev–Trinajstić information content (AvgIpc) is 2.83. The maximum Gasteiger partial charge on any atom is 0.337 e. The lowest BCUT2D eigenvalue weighted by atomic mass is 10.1. The van der Waals surface area contributed by atoms with Crippen LogP contribution >= 0.6 is 0 Å². The van der Waals surface area contributed by atoms with Gasteiger partial charge in [0, 0.05) is 26.0 Å². The van der Waals surface area contributed by atoms with Crippen LogP contribution in [-0.4, -0.2) is 33.8 Å². The molecule has 2 rings (SSSR count). The second-order valence-corrected chi connectivity index (χ2v) is 4.32. The van der Waals surface area contributed by atoms with Gasteiger partial charge in [-0.15, -0.1) is 0 Å². The highest BCUT2D eigenvalue weighted by Crippen LogP contribution is 2.23. The zero-order valence-corrected chi connectivity index (χ0v) is 11.1. The monoisotopic (exact) mass is 274 g/mol. The molecule has 0 aliphatic heterocycles. The number of rotatable bonds is 3. The van der Waals surface area contributed by atoms with Gasteiger partial charge >= 0.3 is 5.97 Å². The van der Waals surface area contributed by atoms with Crippen LogP contribution in [0.3, 0.4) is 0 Å². The highest BCUT2D eigenvalue weighted by molar-refractivity contribution is 6.08. The summed E-state index contributed by atoms with van der Waals surface area (Å²) in [5.74, 6) is -1.54. The fraction of sp³-hybridized carbons (Fsp3) is 0.154. The summed E-state index contributed by atoms with van der Waals surface area (Å²) in [7, 11) is 3.19. The average molecular weight is 274 g/mol. The zero-order valence-electron chi connectivity index (χ0n) is 11.1. The molecule has 0 radical (unpaired) electrons. The van der Waals surface area contributed by atoms with E-state index in [1.807, 2.05) is 0 Å². The number of carboxylic acid groups (broad SMARTS) is 1. The highest BCUT2D eigenvalue weighted by Gasteiger charge is 2.21. The van der Waals surface area contributed by atoms with Crippen molar-refractivity contribution >= 4 is 23.3 Å². The number of carbonyl (C=O) groups is 2. The number of nitrogens with two attached hydrogens (primary N) is 1. The summed E-state index contributed by atoms with van der Waals surface area (Å²) >= 11 is 0. The molecule has 0 fully saturated rings. The molecule has 1 heterocycles. The normalized spacial score (nSPS) is 10.3. The number of carbonyl (C=O) groups excluding carboxylic acids is 1. The predicted octanol–water partition coefficient (Wildman–Crippen LogP) is 0.977. The maximum absolute atomic E-state index is 12.2. The van der Waals surface area contributed by atoms with E-state index in [9.17, 15) is 14.7 Å². The van der Waals surface area contributed by atoms with E-state index in [-0.39, 0.29) is 16.9 Å². The first-order valence-electron chi connectivity index (χ1n) is 5.80. The van der Waals surface area contributed by atoms with Crippen molar-refractivity contribution in [3.05, 3.63) is 41.7 Å². The van der Waals surface area contributed by atoms with E-state index in [4.69, 9.17) is 5.73 Å². The van der Waals surface area contributed by atoms with Crippen molar-refractivity contribution in [2.24, 2.45) is 7.05 Å². The van der Waals surface area contributed by atoms with Crippen LogP contribution in [0.15, 0.2) is 30.5 Å². The molecule has 0 saturated heterocycles. The van der Waals surface area contributed by atoms with Gasteiger partial charge in [-0.3, -0.25) is 9.48 Å². The SMILES string of the molecule is CN(C(=O)c1ccn(C)n1)c1ccc(N)cc1C(=O)O. The van der Waals surface area contributed by atoms with Crippen molar-refractivity contribution in [3.63, 3.8) is 0 Å². The van der Waals surface area contributed by atoms with Crippen LogP contribution in [0, 0.1) is 0 Å². The Balaban J connectivity index is 2.40. The first-order valence-corrected chi connectivity index (χ1v) is 5.80. The summed E-state index contributed by atoms with van der Waals surface area (Å²) in [6, 6.07) is 5.93. The van der Waals surface area contributed by atoms with Gasteiger partial charge in [0.05, 0.1) is 11.3 Å². The van der Waals surface area contributed by atoms with Gasteiger partial charge in [-0.2, -0.15) is 5.10 Å². The summed E-state index contributed by atoms with van der Waals surface area (Å²) < 4.78 is 1.50. The number of carboxylic acids is 1. The Bertz CT molecular complexity index is 678. The predicted molar refractivity (Wildman–Crippen MR) is 73.8 cm³/mol. The van der Waals surface area contributed by atoms with Crippen molar-refractivity contribution in [3.8, 4) is 0 Å². The van der Waals surface area contributed by atoms with Crippen LogP contribution < -0.4 is 10.6 Å². The molecule has 0 bridgehead atoms. The molecule has 0 unspecified atom stereocenters. The molecule has 1 amide bonds.